The molecule has 3 aromatic carbocycles. The number of hydrogen-bond acceptors (Lipinski definition) is 10. The Balaban J connectivity index is 1.74. The Morgan fingerprint density at radius 2 is 1.56 bits per heavy atom. The van der Waals surface area contributed by atoms with Crippen molar-refractivity contribution < 1.29 is 55.5 Å². The van der Waals surface area contributed by atoms with Crippen LogP contribution in [0, 0.1) is 0 Å². The third-order valence-corrected chi connectivity index (χ3v) is 15.4. The molecule has 0 spiro atoms. The van der Waals surface area contributed by atoms with Crippen LogP contribution in [0.3, 0.4) is 0 Å². The lowest BCUT2D eigenvalue weighted by Crippen LogP contribution is -2.73. The van der Waals surface area contributed by atoms with E-state index in [1.807, 2.05) is 27.7 Å². The number of fused-ring (bicyclic) bond motifs is 4. The topological polar surface area (TPSA) is 231 Å². The SMILES string of the molecule is CC1CC(C)(C)Nc2c1cc1c(c2S(=O)(=O)O)Oc2c(S(=O)(=O)O)c3c(cc2=C1c1c(Cl)c(SCC(O)=[NH+]CCCCCCC=O)c(Cl)c(Cl)c1C(=O)O)C(C)CC(C)(C)N=3. The highest BCUT2D eigenvalue weighted by Gasteiger charge is 2.43. The summed E-state index contributed by atoms with van der Waals surface area (Å²) in [4.78, 5) is 30.0. The number of aldehydes is 1. The number of thioether (sulfide) groups is 1. The summed E-state index contributed by atoms with van der Waals surface area (Å²) in [5, 5.41) is 23.6. The molecule has 330 valence electrons. The Bertz CT molecular complexity index is 2760. The van der Waals surface area contributed by atoms with Crippen molar-refractivity contribution in [2.45, 2.75) is 124 Å². The highest BCUT2D eigenvalue weighted by molar-refractivity contribution is 8.00. The highest BCUT2D eigenvalue weighted by atomic mass is 35.5. The van der Waals surface area contributed by atoms with E-state index in [2.05, 4.69) is 10.3 Å². The maximum atomic E-state index is 13.6. The van der Waals surface area contributed by atoms with Crippen molar-refractivity contribution in [1.29, 1.82) is 0 Å². The number of aliphatic hydroxyl groups excluding tert-OH is 1. The zero-order chi connectivity index (χ0) is 45.1. The number of nitrogens with zero attached hydrogens (tertiary/aromatic N) is 1. The number of unbranched alkanes of at least 4 members (excludes halogenated alkanes) is 4. The number of ether oxygens (including phenoxy) is 1. The van der Waals surface area contributed by atoms with Gasteiger partial charge in [0, 0.05) is 45.2 Å². The van der Waals surface area contributed by atoms with Gasteiger partial charge in [0.25, 0.3) is 20.2 Å². The quantitative estimate of drug-likeness (QED) is 0.0141. The zero-order valence-electron chi connectivity index (χ0n) is 34.2. The average Bonchev–Trinajstić information content (AvgIpc) is 3.11. The van der Waals surface area contributed by atoms with Gasteiger partial charge in [-0.3, -0.25) is 14.1 Å². The molecule has 3 aromatic rings. The predicted molar refractivity (Wildman–Crippen MR) is 235 cm³/mol. The molecule has 0 saturated heterocycles. The Kier molecular flexibility index (Phi) is 13.3. The summed E-state index contributed by atoms with van der Waals surface area (Å²) < 4.78 is 82.8. The molecule has 0 aliphatic carbocycles. The number of anilines is 1. The van der Waals surface area contributed by atoms with Gasteiger partial charge >= 0.3 is 11.9 Å². The summed E-state index contributed by atoms with van der Waals surface area (Å²) in [6.45, 7) is 11.3. The van der Waals surface area contributed by atoms with E-state index in [0.29, 0.717) is 43.4 Å². The summed E-state index contributed by atoms with van der Waals surface area (Å²) in [5.41, 5.74) is -1.95. The number of benzene rings is 3. The molecule has 2 unspecified atom stereocenters. The van der Waals surface area contributed by atoms with E-state index in [9.17, 15) is 45.7 Å². The van der Waals surface area contributed by atoms with Crippen molar-refractivity contribution in [3.63, 3.8) is 0 Å². The first-order chi connectivity index (χ1) is 28.3. The van der Waals surface area contributed by atoms with Crippen molar-refractivity contribution in [1.82, 2.24) is 0 Å². The minimum Gasteiger partial charge on any atom is -0.478 e. The van der Waals surface area contributed by atoms with E-state index < -0.39 is 69.2 Å². The number of carboxylic acid groups (broad SMARTS) is 1. The first kappa shape index (κ1) is 47.1. The van der Waals surface area contributed by atoms with Crippen LogP contribution in [0.5, 0.6) is 11.5 Å². The molecule has 0 radical (unpaired) electrons. The Labute approximate surface area is 373 Å². The predicted octanol–water partition coefficient (Wildman–Crippen LogP) is 7.07. The summed E-state index contributed by atoms with van der Waals surface area (Å²) >= 11 is 21.8. The van der Waals surface area contributed by atoms with Crippen molar-refractivity contribution >= 4 is 96.2 Å². The lowest BCUT2D eigenvalue weighted by Gasteiger charge is -2.40. The summed E-state index contributed by atoms with van der Waals surface area (Å²) in [6, 6.07) is 3.13. The van der Waals surface area contributed by atoms with E-state index in [1.54, 1.807) is 26.0 Å². The Morgan fingerprint density at radius 3 is 2.18 bits per heavy atom. The normalized spacial score (nSPS) is 19.1. The second kappa shape index (κ2) is 17.3. The standard InChI is InChI=1S/C41H46Cl3N3O11S3/c1-19-16-40(3,4)46-32-21(19)14-23-26(27-28(39(50)51)29(42)31(44)36(30(27)43)59-18-25(49)45-12-10-8-7-9-11-13-48)24-15-22-20(2)17-41(5,6)47-33(22)38(61(55,56)57)35(24)58-34(23)37(32)60(52,53)54/h13-15,19-20,46H,7-12,16-18H2,1-6H3,(H,45,49)(H,50,51)(H,52,53,54)(H,55,56,57)/p+1. The molecular formula is C41H47Cl3N3O11S3+. The Morgan fingerprint density at radius 1 is 0.918 bits per heavy atom. The molecule has 20 heteroatoms. The maximum absolute atomic E-state index is 13.6. The molecule has 6 rings (SSSR count). The fourth-order valence-electron chi connectivity index (χ4n) is 8.70. The molecule has 3 heterocycles. The van der Waals surface area contributed by atoms with Gasteiger partial charge in [-0.2, -0.15) is 16.8 Å². The number of halogens is 3. The van der Waals surface area contributed by atoms with Crippen LogP contribution in [0.25, 0.3) is 5.57 Å². The summed E-state index contributed by atoms with van der Waals surface area (Å²) in [7, 11) is -10.5. The summed E-state index contributed by atoms with van der Waals surface area (Å²) in [6.07, 6.45) is 5.42. The van der Waals surface area contributed by atoms with Gasteiger partial charge in [0.05, 0.1) is 37.2 Å². The zero-order valence-corrected chi connectivity index (χ0v) is 38.9. The van der Waals surface area contributed by atoms with Gasteiger partial charge in [-0.05, 0) is 88.5 Å². The molecule has 2 atom stereocenters. The van der Waals surface area contributed by atoms with E-state index in [0.717, 1.165) is 37.3 Å². The van der Waals surface area contributed by atoms with Gasteiger partial charge in [0.15, 0.2) is 21.3 Å². The lowest BCUT2D eigenvalue weighted by atomic mass is 9.79. The largest absolute Gasteiger partial charge is 0.478 e. The van der Waals surface area contributed by atoms with Crippen molar-refractivity contribution in [3.8, 4) is 11.5 Å². The second-order valence-electron chi connectivity index (χ2n) is 17.0. The molecule has 14 nitrogen and oxygen atoms in total. The molecule has 3 aliphatic heterocycles. The molecule has 0 fully saturated rings. The van der Waals surface area contributed by atoms with Crippen LogP contribution in [0.2, 0.25) is 15.1 Å². The number of nitrogens with one attached hydrogen (secondary N) is 2. The van der Waals surface area contributed by atoms with Crippen LogP contribution < -0.4 is 25.6 Å². The van der Waals surface area contributed by atoms with Crippen molar-refractivity contribution in [3.05, 3.63) is 65.6 Å². The smallest absolute Gasteiger partial charge is 0.342 e. The van der Waals surface area contributed by atoms with Crippen LogP contribution in [-0.2, 0) is 25.0 Å². The number of aromatic carboxylic acids is 1. The van der Waals surface area contributed by atoms with Crippen LogP contribution >= 0.6 is 46.6 Å². The molecular weight excluding hydrogens is 913 g/mol. The van der Waals surface area contributed by atoms with Gasteiger partial charge in [0.2, 0.25) is 0 Å². The summed E-state index contributed by atoms with van der Waals surface area (Å²) in [5.74, 6) is -3.80. The molecule has 0 aromatic heterocycles. The fourth-order valence-corrected chi connectivity index (χ4v) is 12.3. The average molecular weight is 960 g/mol. The molecule has 61 heavy (non-hydrogen) atoms. The van der Waals surface area contributed by atoms with Crippen molar-refractivity contribution in [2.24, 2.45) is 4.99 Å². The van der Waals surface area contributed by atoms with Gasteiger partial charge < -0.3 is 25.1 Å². The minimum atomic E-state index is -5.27. The van der Waals surface area contributed by atoms with Gasteiger partial charge in [0.1, 0.15) is 18.6 Å². The van der Waals surface area contributed by atoms with Crippen LogP contribution in [0.4, 0.5) is 5.69 Å². The van der Waals surface area contributed by atoms with Crippen molar-refractivity contribution in [2.75, 3.05) is 17.6 Å². The van der Waals surface area contributed by atoms with E-state index >= 15 is 0 Å². The van der Waals surface area contributed by atoms with E-state index in [1.165, 1.54) is 0 Å². The highest BCUT2D eigenvalue weighted by Crippen LogP contribution is 2.54. The van der Waals surface area contributed by atoms with Crippen LogP contribution in [0.1, 0.15) is 131 Å². The molecule has 3 aliphatic rings. The maximum Gasteiger partial charge on any atom is 0.342 e. The fraction of sp³-hybridized carbons (Fsp3) is 0.463. The van der Waals surface area contributed by atoms with Gasteiger partial charge in [-0.1, -0.05) is 55.1 Å². The third kappa shape index (κ3) is 9.31. The number of aliphatic hydroxyl groups is 1. The first-order valence-electron chi connectivity index (χ1n) is 19.5. The number of carbonyl (C=O) groups is 2. The monoisotopic (exact) mass is 958 g/mol. The number of carboxylic acids is 1. The van der Waals surface area contributed by atoms with Gasteiger partial charge in [-0.25, -0.2) is 9.79 Å². The third-order valence-electron chi connectivity index (χ3n) is 11.0. The first-order valence-corrected chi connectivity index (χ1v) is 24.5. The van der Waals surface area contributed by atoms with Crippen LogP contribution in [-0.4, -0.2) is 77.7 Å². The second-order valence-corrected chi connectivity index (χ2v) is 21.8. The molecule has 0 amide bonds. The van der Waals surface area contributed by atoms with E-state index in [4.69, 9.17) is 44.5 Å². The Hall–Kier alpha value is -3.42. The number of hydrogen-bond donors (Lipinski definition) is 6. The molecule has 0 bridgehead atoms. The van der Waals surface area contributed by atoms with E-state index in [-0.39, 0.29) is 71.4 Å². The number of carbonyl (C=O) groups excluding carboxylic acids is 1. The van der Waals surface area contributed by atoms with Crippen LogP contribution in [0.15, 0.2) is 31.8 Å². The minimum absolute atomic E-state index is 0.0203. The number of rotatable bonds is 14. The lowest BCUT2D eigenvalue weighted by molar-refractivity contribution is -0.467. The molecule has 6 N–H and O–H groups in total. The molecule has 0 saturated carbocycles. The van der Waals surface area contributed by atoms with Gasteiger partial charge in [-0.15, -0.1) is 11.8 Å².